The van der Waals surface area contributed by atoms with E-state index < -0.39 is 0 Å². The van der Waals surface area contributed by atoms with Crippen LogP contribution in [0.1, 0.15) is 51.5 Å². The minimum absolute atomic E-state index is 0.213. The molecule has 2 atom stereocenters. The Hall–Kier alpha value is -1.02. The predicted molar refractivity (Wildman–Crippen MR) is 90.7 cm³/mol. The van der Waals surface area contributed by atoms with E-state index in [1.165, 1.54) is 49.8 Å². The molecule has 0 radical (unpaired) electrons. The topological polar surface area (TPSA) is 29.3 Å². The molecule has 0 aromatic heterocycles. The highest BCUT2D eigenvalue weighted by molar-refractivity contribution is 5.60. The van der Waals surface area contributed by atoms with Gasteiger partial charge in [-0.1, -0.05) is 44.9 Å². The zero-order valence-corrected chi connectivity index (χ0v) is 13.6. The average molecular weight is 286 g/mol. The van der Waals surface area contributed by atoms with Crippen molar-refractivity contribution < 1.29 is 0 Å². The minimum Gasteiger partial charge on any atom is -0.364 e. The largest absolute Gasteiger partial charge is 0.364 e. The smallest absolute Gasteiger partial charge is 0.0527 e. The van der Waals surface area contributed by atoms with Crippen molar-refractivity contribution in [1.29, 1.82) is 0 Å². The molecule has 1 aromatic carbocycles. The number of para-hydroxylation sites is 1. The summed E-state index contributed by atoms with van der Waals surface area (Å²) in [6.07, 6.45) is 7.84. The highest BCUT2D eigenvalue weighted by Gasteiger charge is 2.42. The molecule has 0 spiro atoms. The van der Waals surface area contributed by atoms with Crippen LogP contribution < -0.4 is 10.6 Å². The standard InChI is InChI=1S/C19H30N2/c1-15(2)12-16-6-5-10-19(13-16,14-20)21-11-9-17-7-3-4-8-18(17)21/h3-4,7-8,15-16H,5-6,9-14,20H2,1-2H3. The summed E-state index contributed by atoms with van der Waals surface area (Å²) >= 11 is 0. The van der Waals surface area contributed by atoms with Crippen LogP contribution in [0.2, 0.25) is 0 Å². The Bertz CT molecular complexity index is 482. The van der Waals surface area contributed by atoms with Crippen LogP contribution in [0.3, 0.4) is 0 Å². The lowest BCUT2D eigenvalue weighted by molar-refractivity contribution is 0.197. The van der Waals surface area contributed by atoms with Gasteiger partial charge in [0.25, 0.3) is 0 Å². The first-order valence-electron chi connectivity index (χ1n) is 8.70. The molecule has 1 saturated carbocycles. The fourth-order valence-corrected chi connectivity index (χ4v) is 4.70. The van der Waals surface area contributed by atoms with Crippen LogP contribution in [0.25, 0.3) is 0 Å². The van der Waals surface area contributed by atoms with Crippen LogP contribution in [-0.2, 0) is 6.42 Å². The number of nitrogens with zero attached hydrogens (tertiary/aromatic N) is 1. The van der Waals surface area contributed by atoms with Crippen molar-refractivity contribution in [2.24, 2.45) is 17.6 Å². The molecule has 1 fully saturated rings. The van der Waals surface area contributed by atoms with E-state index in [0.29, 0.717) is 0 Å². The van der Waals surface area contributed by atoms with Crippen LogP contribution >= 0.6 is 0 Å². The Kier molecular flexibility index (Phi) is 4.26. The van der Waals surface area contributed by atoms with Gasteiger partial charge in [0.1, 0.15) is 0 Å². The van der Waals surface area contributed by atoms with Gasteiger partial charge in [0, 0.05) is 18.8 Å². The maximum atomic E-state index is 6.33. The number of rotatable bonds is 4. The van der Waals surface area contributed by atoms with Crippen molar-refractivity contribution in [3.8, 4) is 0 Å². The van der Waals surface area contributed by atoms with Crippen molar-refractivity contribution in [3.63, 3.8) is 0 Å². The third-order valence-corrected chi connectivity index (χ3v) is 5.57. The summed E-state index contributed by atoms with van der Waals surface area (Å²) < 4.78 is 0. The summed E-state index contributed by atoms with van der Waals surface area (Å²) in [7, 11) is 0. The van der Waals surface area contributed by atoms with E-state index in [-0.39, 0.29) is 5.54 Å². The monoisotopic (exact) mass is 286 g/mol. The maximum absolute atomic E-state index is 6.33. The lowest BCUT2D eigenvalue weighted by atomic mass is 9.72. The third-order valence-electron chi connectivity index (χ3n) is 5.57. The van der Waals surface area contributed by atoms with Gasteiger partial charge in [0.15, 0.2) is 0 Å². The highest BCUT2D eigenvalue weighted by atomic mass is 15.2. The van der Waals surface area contributed by atoms with Crippen molar-refractivity contribution in [3.05, 3.63) is 29.8 Å². The van der Waals surface area contributed by atoms with Gasteiger partial charge in [0.2, 0.25) is 0 Å². The van der Waals surface area contributed by atoms with Crippen LogP contribution in [-0.4, -0.2) is 18.6 Å². The maximum Gasteiger partial charge on any atom is 0.0527 e. The van der Waals surface area contributed by atoms with Gasteiger partial charge in [-0.3, -0.25) is 0 Å². The first-order valence-corrected chi connectivity index (χ1v) is 8.70. The van der Waals surface area contributed by atoms with E-state index in [1.54, 1.807) is 0 Å². The van der Waals surface area contributed by atoms with Gasteiger partial charge in [-0.2, -0.15) is 0 Å². The van der Waals surface area contributed by atoms with Gasteiger partial charge in [-0.25, -0.2) is 0 Å². The molecule has 1 heterocycles. The zero-order valence-electron chi connectivity index (χ0n) is 13.6. The Labute approximate surface area is 129 Å². The SMILES string of the molecule is CC(C)CC1CCCC(CN)(N2CCc3ccccc32)C1. The van der Waals surface area contributed by atoms with E-state index in [2.05, 4.69) is 43.0 Å². The molecule has 0 amide bonds. The quantitative estimate of drug-likeness (QED) is 0.907. The van der Waals surface area contributed by atoms with Gasteiger partial charge in [-0.05, 0) is 49.1 Å². The molecule has 2 aliphatic rings. The Morgan fingerprint density at radius 1 is 1.33 bits per heavy atom. The van der Waals surface area contributed by atoms with E-state index in [0.717, 1.165) is 24.9 Å². The number of benzene rings is 1. The molecular weight excluding hydrogens is 256 g/mol. The first-order chi connectivity index (χ1) is 10.1. The molecule has 2 unspecified atom stereocenters. The van der Waals surface area contributed by atoms with Crippen LogP contribution in [0.4, 0.5) is 5.69 Å². The second kappa shape index (κ2) is 6.00. The van der Waals surface area contributed by atoms with Gasteiger partial charge < -0.3 is 10.6 Å². The lowest BCUT2D eigenvalue weighted by Crippen LogP contribution is -2.56. The molecule has 116 valence electrons. The Morgan fingerprint density at radius 3 is 2.90 bits per heavy atom. The Balaban J connectivity index is 1.84. The van der Waals surface area contributed by atoms with Crippen LogP contribution in [0.5, 0.6) is 0 Å². The molecule has 2 heteroatoms. The second-order valence-electron chi connectivity index (χ2n) is 7.55. The summed E-state index contributed by atoms with van der Waals surface area (Å²) in [6, 6.07) is 8.93. The minimum atomic E-state index is 0.213. The summed E-state index contributed by atoms with van der Waals surface area (Å²) in [6.45, 7) is 6.66. The summed E-state index contributed by atoms with van der Waals surface area (Å²) in [5.41, 5.74) is 9.50. The van der Waals surface area contributed by atoms with Crippen molar-refractivity contribution in [2.75, 3.05) is 18.0 Å². The average Bonchev–Trinajstić information content (AvgIpc) is 2.91. The zero-order chi connectivity index (χ0) is 14.9. The number of hydrogen-bond donors (Lipinski definition) is 1. The van der Waals surface area contributed by atoms with Gasteiger partial charge in [0.05, 0.1) is 5.54 Å². The number of anilines is 1. The molecule has 1 aromatic rings. The molecule has 0 bridgehead atoms. The summed E-state index contributed by atoms with van der Waals surface area (Å²) in [4.78, 5) is 2.66. The van der Waals surface area contributed by atoms with Crippen LogP contribution in [0.15, 0.2) is 24.3 Å². The summed E-state index contributed by atoms with van der Waals surface area (Å²) in [5.74, 6) is 1.66. The second-order valence-corrected chi connectivity index (χ2v) is 7.55. The van der Waals surface area contributed by atoms with Gasteiger partial charge >= 0.3 is 0 Å². The van der Waals surface area contributed by atoms with E-state index in [1.807, 2.05) is 0 Å². The third kappa shape index (κ3) is 2.83. The predicted octanol–water partition coefficient (Wildman–Crippen LogP) is 3.98. The number of fused-ring (bicyclic) bond motifs is 1. The van der Waals surface area contributed by atoms with Crippen molar-refractivity contribution >= 4 is 5.69 Å². The molecule has 3 rings (SSSR count). The van der Waals surface area contributed by atoms with E-state index >= 15 is 0 Å². The number of hydrogen-bond acceptors (Lipinski definition) is 2. The number of nitrogens with two attached hydrogens (primary N) is 1. The first kappa shape index (κ1) is 14.9. The summed E-state index contributed by atoms with van der Waals surface area (Å²) in [5, 5.41) is 0. The van der Waals surface area contributed by atoms with Crippen LogP contribution in [0, 0.1) is 11.8 Å². The molecule has 21 heavy (non-hydrogen) atoms. The fraction of sp³-hybridized carbons (Fsp3) is 0.684. The highest BCUT2D eigenvalue weighted by Crippen LogP contribution is 2.43. The molecule has 1 aliphatic heterocycles. The van der Waals surface area contributed by atoms with Crippen molar-refractivity contribution in [1.82, 2.24) is 0 Å². The van der Waals surface area contributed by atoms with Gasteiger partial charge in [-0.15, -0.1) is 0 Å². The van der Waals surface area contributed by atoms with Crippen molar-refractivity contribution in [2.45, 2.75) is 57.9 Å². The fourth-order valence-electron chi connectivity index (χ4n) is 4.70. The normalized spacial score (nSPS) is 29.0. The van der Waals surface area contributed by atoms with E-state index in [9.17, 15) is 0 Å². The molecular formula is C19H30N2. The lowest BCUT2D eigenvalue weighted by Gasteiger charge is -2.48. The molecule has 0 saturated heterocycles. The van der Waals surface area contributed by atoms with E-state index in [4.69, 9.17) is 5.73 Å². The molecule has 2 N–H and O–H groups in total. The molecule has 1 aliphatic carbocycles. The Morgan fingerprint density at radius 2 is 2.14 bits per heavy atom. The molecule has 2 nitrogen and oxygen atoms in total.